The molecule has 0 unspecified atom stereocenters. The van der Waals surface area contributed by atoms with Crippen LogP contribution in [0.2, 0.25) is 0 Å². The molecule has 0 bridgehead atoms. The van der Waals surface area contributed by atoms with E-state index in [0.29, 0.717) is 5.69 Å². The SMILES string of the molecule is Fc1c[c-]c(-c2ccccn2)c(F)c1.[Cl][Ir+2].[c-]1c(-n2cccn2)cccc1-n1cccn1. The van der Waals surface area contributed by atoms with Crippen LogP contribution in [0.15, 0.2) is 91.6 Å². The zero-order valence-corrected chi connectivity index (χ0v) is 19.5. The molecule has 9 heteroatoms. The Bertz CT molecular complexity index is 1170. The van der Waals surface area contributed by atoms with Gasteiger partial charge in [-0.15, -0.1) is 30.3 Å². The molecule has 0 amide bonds. The fourth-order valence-electron chi connectivity index (χ4n) is 2.69. The van der Waals surface area contributed by atoms with Gasteiger partial charge in [0.25, 0.3) is 0 Å². The Kier molecular flexibility index (Phi) is 8.80. The van der Waals surface area contributed by atoms with E-state index in [1.807, 2.05) is 42.7 Å². The standard InChI is InChI=1S/C12H9N4.C11H6F2N.ClH.Ir/c1-4-11(15-8-2-6-13-15)10-12(5-1)16-9-3-7-14-16;12-8-4-5-9(10(13)7-8)11-3-1-2-6-14-11;;/h1-9H;1-4,6-7H;1H;/q2*-1;;+3/p-1. The Morgan fingerprint density at radius 2 is 1.47 bits per heavy atom. The third-order valence-electron chi connectivity index (χ3n) is 4.05. The molecule has 0 aliphatic carbocycles. The molecule has 0 N–H and O–H groups in total. The number of benzene rings is 2. The van der Waals surface area contributed by atoms with E-state index in [2.05, 4.69) is 36.9 Å². The first-order valence-corrected chi connectivity index (χ1v) is 12.1. The average molecular weight is 627 g/mol. The topological polar surface area (TPSA) is 48.5 Å². The number of halogens is 3. The number of rotatable bonds is 3. The molecule has 2 aromatic carbocycles. The summed E-state index contributed by atoms with van der Waals surface area (Å²) in [5.74, 6) is -1.29. The van der Waals surface area contributed by atoms with Gasteiger partial charge in [0.1, 0.15) is 0 Å². The summed E-state index contributed by atoms with van der Waals surface area (Å²) in [7, 11) is 4.64. The van der Waals surface area contributed by atoms with Crippen molar-refractivity contribution in [3.8, 4) is 22.6 Å². The van der Waals surface area contributed by atoms with Crippen molar-refractivity contribution >= 4 is 9.58 Å². The van der Waals surface area contributed by atoms with Crippen molar-refractivity contribution in [3.05, 3.63) is 115 Å². The van der Waals surface area contributed by atoms with E-state index in [-0.39, 0.29) is 5.56 Å². The molecule has 0 aliphatic rings. The van der Waals surface area contributed by atoms with E-state index in [0.717, 1.165) is 23.5 Å². The van der Waals surface area contributed by atoms with Crippen LogP contribution in [0, 0.1) is 23.8 Å². The second kappa shape index (κ2) is 12.0. The van der Waals surface area contributed by atoms with Gasteiger partial charge in [-0.1, -0.05) is 23.8 Å². The van der Waals surface area contributed by atoms with Gasteiger partial charge in [-0.3, -0.25) is 18.1 Å². The molecule has 32 heavy (non-hydrogen) atoms. The summed E-state index contributed by atoms with van der Waals surface area (Å²) >= 11 is 1.47. The second-order valence-corrected chi connectivity index (χ2v) is 6.08. The van der Waals surface area contributed by atoms with Gasteiger partial charge >= 0.3 is 27.5 Å². The minimum Gasteiger partial charge on any atom is -0.266 e. The molecule has 5 aromatic rings. The van der Waals surface area contributed by atoms with E-state index in [1.165, 1.54) is 17.9 Å². The molecule has 5 nitrogen and oxygen atoms in total. The fourth-order valence-corrected chi connectivity index (χ4v) is 2.69. The van der Waals surface area contributed by atoms with Crippen molar-refractivity contribution in [2.45, 2.75) is 0 Å². The number of pyridine rings is 1. The summed E-state index contributed by atoms with van der Waals surface area (Å²) < 4.78 is 29.3. The van der Waals surface area contributed by atoms with Crippen molar-refractivity contribution < 1.29 is 26.7 Å². The van der Waals surface area contributed by atoms with Crippen LogP contribution in [0.25, 0.3) is 22.6 Å². The Morgan fingerprint density at radius 3 is 1.97 bits per heavy atom. The first-order valence-electron chi connectivity index (χ1n) is 9.14. The van der Waals surface area contributed by atoms with E-state index in [9.17, 15) is 8.78 Å². The Labute approximate surface area is 198 Å². The molecule has 0 saturated carbocycles. The third kappa shape index (κ3) is 6.17. The number of aromatic nitrogens is 5. The Hall–Kier alpha value is -3.19. The van der Waals surface area contributed by atoms with Gasteiger partial charge < -0.3 is 4.98 Å². The minimum absolute atomic E-state index is 0.187. The third-order valence-corrected chi connectivity index (χ3v) is 4.05. The van der Waals surface area contributed by atoms with Crippen LogP contribution in [0.3, 0.4) is 0 Å². The number of hydrogen-bond donors (Lipinski definition) is 0. The molecule has 0 radical (unpaired) electrons. The molecular formula is C23H15ClF2IrN5. The van der Waals surface area contributed by atoms with Gasteiger partial charge in [-0.2, -0.15) is 16.3 Å². The Balaban J connectivity index is 0.000000169. The van der Waals surface area contributed by atoms with Crippen LogP contribution in [0.5, 0.6) is 0 Å². The van der Waals surface area contributed by atoms with Crippen molar-refractivity contribution in [1.82, 2.24) is 24.5 Å². The summed E-state index contributed by atoms with van der Waals surface area (Å²) in [6.07, 6.45) is 8.81. The van der Waals surface area contributed by atoms with Gasteiger partial charge in [0, 0.05) is 42.6 Å². The molecule has 0 fully saturated rings. The van der Waals surface area contributed by atoms with E-state index >= 15 is 0 Å². The zero-order valence-electron chi connectivity index (χ0n) is 16.4. The summed E-state index contributed by atoms with van der Waals surface area (Å²) in [5, 5.41) is 8.33. The quantitative estimate of drug-likeness (QED) is 0.253. The van der Waals surface area contributed by atoms with Crippen molar-refractivity contribution in [2.75, 3.05) is 0 Å². The smallest absolute Gasteiger partial charge is 0.0493 e. The maximum Gasteiger partial charge on any atom is 0.0493 e. The van der Waals surface area contributed by atoms with Crippen molar-refractivity contribution in [1.29, 1.82) is 0 Å². The van der Waals surface area contributed by atoms with Crippen LogP contribution in [0.1, 0.15) is 0 Å². The van der Waals surface area contributed by atoms with E-state index < -0.39 is 11.6 Å². The molecule has 162 valence electrons. The largest absolute Gasteiger partial charge is 0.266 e. The molecule has 5 rings (SSSR count). The normalized spacial score (nSPS) is 9.88. The van der Waals surface area contributed by atoms with Crippen molar-refractivity contribution in [2.24, 2.45) is 0 Å². The molecular weight excluding hydrogens is 612 g/mol. The molecule has 0 aliphatic heterocycles. The summed E-state index contributed by atoms with van der Waals surface area (Å²) in [6, 6.07) is 22.4. The number of hydrogen-bond acceptors (Lipinski definition) is 3. The van der Waals surface area contributed by atoms with Crippen LogP contribution in [0.4, 0.5) is 8.78 Å². The molecule has 3 aromatic heterocycles. The first-order chi connectivity index (χ1) is 15.7. The summed E-state index contributed by atoms with van der Waals surface area (Å²) in [5.41, 5.74) is 2.44. The van der Waals surface area contributed by atoms with Gasteiger partial charge in [0.15, 0.2) is 0 Å². The molecule has 0 atom stereocenters. The Morgan fingerprint density at radius 1 is 0.812 bits per heavy atom. The van der Waals surface area contributed by atoms with Gasteiger partial charge in [-0.25, -0.2) is 0 Å². The van der Waals surface area contributed by atoms with Gasteiger partial charge in [0.05, 0.1) is 0 Å². The minimum atomic E-state index is -0.649. The van der Waals surface area contributed by atoms with E-state index in [4.69, 9.17) is 0 Å². The molecule has 0 spiro atoms. The predicted molar refractivity (Wildman–Crippen MR) is 114 cm³/mol. The molecule has 0 saturated heterocycles. The average Bonchev–Trinajstić information content (AvgIpc) is 3.56. The van der Waals surface area contributed by atoms with Crippen LogP contribution in [-0.2, 0) is 17.9 Å². The van der Waals surface area contributed by atoms with Gasteiger partial charge in [0.2, 0.25) is 0 Å². The fraction of sp³-hybridized carbons (Fsp3) is 0. The molecule has 3 heterocycles. The zero-order chi connectivity index (χ0) is 22.8. The van der Waals surface area contributed by atoms with Crippen molar-refractivity contribution in [3.63, 3.8) is 0 Å². The van der Waals surface area contributed by atoms with Crippen LogP contribution >= 0.6 is 9.58 Å². The first kappa shape index (κ1) is 23.5. The monoisotopic (exact) mass is 627 g/mol. The van der Waals surface area contributed by atoms with Gasteiger partial charge in [-0.05, 0) is 35.3 Å². The van der Waals surface area contributed by atoms with E-state index in [1.54, 1.807) is 46.2 Å². The summed E-state index contributed by atoms with van der Waals surface area (Å²) in [6.45, 7) is 0. The summed E-state index contributed by atoms with van der Waals surface area (Å²) in [4.78, 5) is 3.95. The number of nitrogens with zero attached hydrogens (tertiary/aromatic N) is 5. The maximum atomic E-state index is 13.2. The van der Waals surface area contributed by atoms with Crippen LogP contribution in [-0.4, -0.2) is 24.5 Å². The van der Waals surface area contributed by atoms with Crippen LogP contribution < -0.4 is 0 Å². The maximum absolute atomic E-state index is 13.2. The second-order valence-electron chi connectivity index (χ2n) is 6.08. The predicted octanol–water partition coefficient (Wildman–Crippen LogP) is 5.37.